The number of fused-ring (bicyclic) bond motifs is 1. The number of nitrogen functional groups attached to an aromatic ring is 1. The normalized spacial score (nSPS) is 29.0. The lowest BCUT2D eigenvalue weighted by Crippen LogP contribution is -2.25. The standard InChI is InChI=1S/C10H13N3O/c11-9-8(1-2-12-10(9)14)13-4-6-3-7(6)5-13/h1-2,6-7H,3-5,11H2,(H,12,14). The smallest absolute Gasteiger partial charge is 0.273 e. The average Bonchev–Trinajstić information content (AvgIpc) is 2.78. The van der Waals surface area contributed by atoms with Crippen molar-refractivity contribution in [3.05, 3.63) is 22.6 Å². The summed E-state index contributed by atoms with van der Waals surface area (Å²) in [4.78, 5) is 16.1. The van der Waals surface area contributed by atoms with Crippen LogP contribution in [0.3, 0.4) is 0 Å². The van der Waals surface area contributed by atoms with Gasteiger partial charge in [0, 0.05) is 19.3 Å². The molecule has 0 radical (unpaired) electrons. The Balaban J connectivity index is 1.96. The maximum absolute atomic E-state index is 11.3. The number of hydrogen-bond acceptors (Lipinski definition) is 3. The highest BCUT2D eigenvalue weighted by atomic mass is 16.1. The lowest BCUT2D eigenvalue weighted by Gasteiger charge is -2.21. The molecule has 0 aromatic carbocycles. The zero-order valence-corrected chi connectivity index (χ0v) is 7.86. The van der Waals surface area contributed by atoms with E-state index < -0.39 is 0 Å². The molecule has 1 aromatic heterocycles. The average molecular weight is 191 g/mol. The third kappa shape index (κ3) is 1.03. The number of H-pyrrole nitrogens is 1. The third-order valence-corrected chi connectivity index (χ3v) is 3.30. The predicted molar refractivity (Wildman–Crippen MR) is 55.3 cm³/mol. The molecule has 2 atom stereocenters. The van der Waals surface area contributed by atoms with Crippen LogP contribution < -0.4 is 16.2 Å². The van der Waals surface area contributed by atoms with Gasteiger partial charge in [0.15, 0.2) is 0 Å². The first-order valence-corrected chi connectivity index (χ1v) is 4.98. The number of pyridine rings is 1. The van der Waals surface area contributed by atoms with Crippen LogP contribution in [0.15, 0.2) is 17.1 Å². The van der Waals surface area contributed by atoms with Gasteiger partial charge in [-0.2, -0.15) is 0 Å². The van der Waals surface area contributed by atoms with Crippen LogP contribution in [0.25, 0.3) is 0 Å². The second-order valence-corrected chi connectivity index (χ2v) is 4.27. The summed E-state index contributed by atoms with van der Waals surface area (Å²) in [5, 5.41) is 0. The first-order chi connectivity index (χ1) is 6.75. The number of piperidine rings is 1. The maximum Gasteiger partial charge on any atom is 0.273 e. The number of rotatable bonds is 1. The lowest BCUT2D eigenvalue weighted by molar-refractivity contribution is 0.819. The molecule has 0 bridgehead atoms. The van der Waals surface area contributed by atoms with Crippen molar-refractivity contribution in [2.24, 2.45) is 11.8 Å². The fraction of sp³-hybridized carbons (Fsp3) is 0.500. The minimum atomic E-state index is -0.178. The van der Waals surface area contributed by atoms with Gasteiger partial charge in [-0.25, -0.2) is 0 Å². The number of hydrogen-bond donors (Lipinski definition) is 2. The largest absolute Gasteiger partial charge is 0.393 e. The molecule has 1 saturated carbocycles. The van der Waals surface area contributed by atoms with Gasteiger partial charge >= 0.3 is 0 Å². The Hall–Kier alpha value is -1.45. The van der Waals surface area contributed by atoms with E-state index in [4.69, 9.17) is 5.73 Å². The predicted octanol–water partition coefficient (Wildman–Crippen LogP) is 0.413. The summed E-state index contributed by atoms with van der Waals surface area (Å²) in [6.45, 7) is 2.14. The second kappa shape index (κ2) is 2.53. The minimum Gasteiger partial charge on any atom is -0.393 e. The van der Waals surface area contributed by atoms with Gasteiger partial charge in [-0.05, 0) is 24.3 Å². The van der Waals surface area contributed by atoms with Crippen molar-refractivity contribution in [2.45, 2.75) is 6.42 Å². The van der Waals surface area contributed by atoms with Crippen LogP contribution in [-0.2, 0) is 0 Å². The van der Waals surface area contributed by atoms with Crippen LogP contribution in [0.2, 0.25) is 0 Å². The van der Waals surface area contributed by atoms with Crippen LogP contribution in [0.1, 0.15) is 6.42 Å². The van der Waals surface area contributed by atoms with E-state index in [1.54, 1.807) is 6.20 Å². The molecule has 4 heteroatoms. The third-order valence-electron chi connectivity index (χ3n) is 3.30. The van der Waals surface area contributed by atoms with Crippen LogP contribution in [0.4, 0.5) is 11.4 Å². The zero-order valence-electron chi connectivity index (χ0n) is 7.86. The second-order valence-electron chi connectivity index (χ2n) is 4.27. The van der Waals surface area contributed by atoms with E-state index in [2.05, 4.69) is 9.88 Å². The number of nitrogens with zero attached hydrogens (tertiary/aromatic N) is 1. The number of nitrogens with two attached hydrogens (primary N) is 1. The van der Waals surface area contributed by atoms with Gasteiger partial charge in [0.2, 0.25) is 0 Å². The summed E-state index contributed by atoms with van der Waals surface area (Å²) in [5.41, 5.74) is 6.82. The Morgan fingerprint density at radius 1 is 1.43 bits per heavy atom. The Bertz CT molecular complexity index is 416. The summed E-state index contributed by atoms with van der Waals surface area (Å²) in [6, 6.07) is 1.89. The molecule has 4 nitrogen and oxygen atoms in total. The van der Waals surface area contributed by atoms with E-state index in [9.17, 15) is 4.79 Å². The molecule has 1 aliphatic carbocycles. The van der Waals surface area contributed by atoms with Crippen molar-refractivity contribution < 1.29 is 0 Å². The number of anilines is 2. The molecule has 0 spiro atoms. The Labute approximate surface area is 81.7 Å². The lowest BCUT2D eigenvalue weighted by atomic mass is 10.3. The maximum atomic E-state index is 11.3. The first-order valence-electron chi connectivity index (χ1n) is 4.98. The van der Waals surface area contributed by atoms with Crippen LogP contribution in [0.5, 0.6) is 0 Å². The molecule has 2 aliphatic rings. The highest BCUT2D eigenvalue weighted by molar-refractivity contribution is 5.66. The van der Waals surface area contributed by atoms with Crippen molar-refractivity contribution >= 4 is 11.4 Å². The van der Waals surface area contributed by atoms with E-state index in [1.807, 2.05) is 6.07 Å². The van der Waals surface area contributed by atoms with E-state index in [0.29, 0.717) is 5.69 Å². The molecule has 2 unspecified atom stereocenters. The summed E-state index contributed by atoms with van der Waals surface area (Å²) in [7, 11) is 0. The fourth-order valence-corrected chi connectivity index (χ4v) is 2.35. The quantitative estimate of drug-likeness (QED) is 0.676. The van der Waals surface area contributed by atoms with Crippen LogP contribution in [-0.4, -0.2) is 18.1 Å². The van der Waals surface area contributed by atoms with E-state index in [-0.39, 0.29) is 5.56 Å². The molecule has 0 amide bonds. The molecule has 1 saturated heterocycles. The van der Waals surface area contributed by atoms with E-state index in [0.717, 1.165) is 30.6 Å². The Morgan fingerprint density at radius 2 is 2.14 bits per heavy atom. The first kappa shape index (κ1) is 7.91. The zero-order chi connectivity index (χ0) is 9.71. The van der Waals surface area contributed by atoms with Crippen molar-refractivity contribution in [1.82, 2.24) is 4.98 Å². The Morgan fingerprint density at radius 3 is 2.86 bits per heavy atom. The van der Waals surface area contributed by atoms with Crippen LogP contribution >= 0.6 is 0 Å². The SMILES string of the molecule is Nc1c(N2CC3CC3C2)cc[nH]c1=O. The summed E-state index contributed by atoms with van der Waals surface area (Å²) >= 11 is 0. The topological polar surface area (TPSA) is 62.1 Å². The number of aromatic amines is 1. The summed E-state index contributed by atoms with van der Waals surface area (Å²) in [5.74, 6) is 1.71. The monoisotopic (exact) mass is 191 g/mol. The molecule has 3 rings (SSSR count). The molecule has 1 aliphatic heterocycles. The van der Waals surface area contributed by atoms with Gasteiger partial charge in [-0.1, -0.05) is 0 Å². The molecule has 3 N–H and O–H groups in total. The van der Waals surface area contributed by atoms with Gasteiger partial charge in [0.1, 0.15) is 5.69 Å². The molecule has 74 valence electrons. The molecular weight excluding hydrogens is 178 g/mol. The van der Waals surface area contributed by atoms with Crippen molar-refractivity contribution in [3.63, 3.8) is 0 Å². The number of nitrogens with one attached hydrogen (secondary N) is 1. The molecule has 2 fully saturated rings. The van der Waals surface area contributed by atoms with E-state index in [1.165, 1.54) is 6.42 Å². The van der Waals surface area contributed by atoms with Gasteiger partial charge in [-0.3, -0.25) is 4.79 Å². The molecular formula is C10H13N3O. The van der Waals surface area contributed by atoms with Gasteiger partial charge in [-0.15, -0.1) is 0 Å². The highest BCUT2D eigenvalue weighted by Crippen LogP contribution is 2.46. The molecule has 14 heavy (non-hydrogen) atoms. The van der Waals surface area contributed by atoms with Gasteiger partial charge in [0.05, 0.1) is 5.69 Å². The van der Waals surface area contributed by atoms with Gasteiger partial charge in [0.25, 0.3) is 5.56 Å². The van der Waals surface area contributed by atoms with E-state index >= 15 is 0 Å². The van der Waals surface area contributed by atoms with Crippen LogP contribution in [0, 0.1) is 11.8 Å². The fourth-order valence-electron chi connectivity index (χ4n) is 2.35. The van der Waals surface area contributed by atoms with Gasteiger partial charge < -0.3 is 15.6 Å². The number of aromatic nitrogens is 1. The molecule has 1 aromatic rings. The summed E-state index contributed by atoms with van der Waals surface area (Å²) in [6.07, 6.45) is 3.03. The highest BCUT2D eigenvalue weighted by Gasteiger charge is 2.45. The van der Waals surface area contributed by atoms with Crippen molar-refractivity contribution in [3.8, 4) is 0 Å². The minimum absolute atomic E-state index is 0.178. The van der Waals surface area contributed by atoms with Crippen molar-refractivity contribution in [1.29, 1.82) is 0 Å². The molecule has 2 heterocycles. The summed E-state index contributed by atoms with van der Waals surface area (Å²) < 4.78 is 0. The van der Waals surface area contributed by atoms with Crippen molar-refractivity contribution in [2.75, 3.05) is 23.7 Å². The Kier molecular flexibility index (Phi) is 1.43.